The molecule has 2 aliphatic rings. The molecule has 0 bridgehead atoms. The zero-order chi connectivity index (χ0) is 25.4. The number of likely N-dealkylation sites (N-methyl/N-ethyl adjacent to an activating group) is 1. The Morgan fingerprint density at radius 3 is 2.56 bits per heavy atom. The van der Waals surface area contributed by atoms with Gasteiger partial charge in [0.1, 0.15) is 0 Å². The van der Waals surface area contributed by atoms with Gasteiger partial charge in [0.2, 0.25) is 0 Å². The van der Waals surface area contributed by atoms with Crippen molar-refractivity contribution in [1.29, 1.82) is 0 Å². The van der Waals surface area contributed by atoms with Crippen molar-refractivity contribution in [2.45, 2.75) is 31.7 Å². The highest BCUT2D eigenvalue weighted by Crippen LogP contribution is 2.42. The number of amides is 2. The second kappa shape index (κ2) is 9.86. The average Bonchev–Trinajstić information content (AvgIpc) is 2.87. The van der Waals surface area contributed by atoms with E-state index in [1.165, 1.54) is 23.0 Å². The normalized spacial score (nSPS) is 19.0. The van der Waals surface area contributed by atoms with E-state index in [1.807, 2.05) is 60.4 Å². The molecule has 1 fully saturated rings. The van der Waals surface area contributed by atoms with Crippen molar-refractivity contribution in [2.24, 2.45) is 0 Å². The summed E-state index contributed by atoms with van der Waals surface area (Å²) < 4.78 is 0. The minimum atomic E-state index is -0.0549. The van der Waals surface area contributed by atoms with E-state index in [9.17, 15) is 9.59 Å². The monoisotopic (exact) mass is 497 g/mol. The van der Waals surface area contributed by atoms with E-state index in [1.54, 1.807) is 11.9 Å². The molecule has 1 saturated heterocycles. The number of hydrogen-bond acceptors (Lipinski definition) is 4. The number of anilines is 2. The van der Waals surface area contributed by atoms with Crippen LogP contribution in [0, 0.1) is 13.8 Å². The number of benzene rings is 3. The third kappa shape index (κ3) is 4.65. The van der Waals surface area contributed by atoms with Crippen LogP contribution in [0.3, 0.4) is 0 Å². The van der Waals surface area contributed by atoms with Crippen LogP contribution in [0.5, 0.6) is 0 Å². The topological polar surface area (TPSA) is 43.9 Å². The number of carbonyl (C=O) groups excluding carboxylic acids is 2. The number of carbonyl (C=O) groups is 2. The molecule has 0 saturated carbocycles. The summed E-state index contributed by atoms with van der Waals surface area (Å²) in [6.07, 6.45) is 1.95. The zero-order valence-electron chi connectivity index (χ0n) is 21.2. The molecule has 2 aliphatic heterocycles. The maximum absolute atomic E-state index is 13.4. The van der Waals surface area contributed by atoms with E-state index in [0.29, 0.717) is 23.6 Å². The number of rotatable bonds is 3. The van der Waals surface area contributed by atoms with Gasteiger partial charge in [-0.3, -0.25) is 9.59 Å². The van der Waals surface area contributed by atoms with Gasteiger partial charge in [-0.25, -0.2) is 0 Å². The second-order valence-electron chi connectivity index (χ2n) is 9.65. The van der Waals surface area contributed by atoms with Crippen LogP contribution in [0.2, 0.25) is 0 Å². The SMILES string of the molecule is Cc1cccc(N2CCN(C(=O)c3ccc4c(c3)N(C)C(=O)C(=Cc3ccccc3C)S4)CC2C)c1. The van der Waals surface area contributed by atoms with Crippen molar-refractivity contribution in [2.75, 3.05) is 36.5 Å². The molecule has 1 atom stereocenters. The van der Waals surface area contributed by atoms with E-state index in [2.05, 4.69) is 43.0 Å². The standard InChI is InChI=1S/C30H31N3O2S/c1-20-8-7-11-25(16-20)33-15-14-32(19-22(33)3)29(34)24-12-13-27-26(17-24)31(4)30(35)28(36-27)18-23-10-6-5-9-21(23)2/h5-13,16-18,22H,14-15,19H2,1-4H3. The lowest BCUT2D eigenvalue weighted by molar-refractivity contribution is -0.114. The quantitative estimate of drug-likeness (QED) is 0.431. The number of piperazine rings is 1. The van der Waals surface area contributed by atoms with Crippen LogP contribution in [0.4, 0.5) is 11.4 Å². The number of thioether (sulfide) groups is 1. The van der Waals surface area contributed by atoms with Gasteiger partial charge in [0.05, 0.1) is 10.6 Å². The van der Waals surface area contributed by atoms with Gasteiger partial charge in [-0.2, -0.15) is 0 Å². The van der Waals surface area contributed by atoms with E-state index in [4.69, 9.17) is 0 Å². The molecule has 6 heteroatoms. The highest BCUT2D eigenvalue weighted by atomic mass is 32.2. The molecular weight excluding hydrogens is 466 g/mol. The lowest BCUT2D eigenvalue weighted by Gasteiger charge is -2.41. The summed E-state index contributed by atoms with van der Waals surface area (Å²) in [4.78, 5) is 34.2. The van der Waals surface area contributed by atoms with Crippen molar-refractivity contribution in [3.8, 4) is 0 Å². The minimum absolute atomic E-state index is 0.0145. The van der Waals surface area contributed by atoms with Gasteiger partial charge in [-0.05, 0) is 73.9 Å². The summed E-state index contributed by atoms with van der Waals surface area (Å²) in [6, 6.07) is 22.5. The summed E-state index contributed by atoms with van der Waals surface area (Å²) in [6.45, 7) is 8.44. The Balaban J connectivity index is 1.34. The van der Waals surface area contributed by atoms with Gasteiger partial charge >= 0.3 is 0 Å². The summed E-state index contributed by atoms with van der Waals surface area (Å²) in [7, 11) is 1.78. The molecule has 5 rings (SSSR count). The molecular formula is C30H31N3O2S. The molecule has 2 heterocycles. The Kier molecular flexibility index (Phi) is 6.63. The smallest absolute Gasteiger partial charge is 0.264 e. The zero-order valence-corrected chi connectivity index (χ0v) is 22.0. The first-order valence-electron chi connectivity index (χ1n) is 12.3. The van der Waals surface area contributed by atoms with Crippen LogP contribution in [0.1, 0.15) is 34.0 Å². The molecule has 0 spiro atoms. The number of fused-ring (bicyclic) bond motifs is 1. The minimum Gasteiger partial charge on any atom is -0.365 e. The fourth-order valence-corrected chi connectivity index (χ4v) is 6.02. The fourth-order valence-electron chi connectivity index (χ4n) is 4.93. The van der Waals surface area contributed by atoms with Gasteiger partial charge in [0, 0.05) is 48.9 Å². The Hall–Kier alpha value is -3.51. The Morgan fingerprint density at radius 2 is 1.81 bits per heavy atom. The highest BCUT2D eigenvalue weighted by molar-refractivity contribution is 8.04. The Morgan fingerprint density at radius 1 is 1.00 bits per heavy atom. The van der Waals surface area contributed by atoms with Crippen molar-refractivity contribution in [3.05, 3.63) is 93.9 Å². The largest absolute Gasteiger partial charge is 0.365 e. The summed E-state index contributed by atoms with van der Waals surface area (Å²) in [5.41, 5.74) is 6.01. The molecule has 0 aliphatic carbocycles. The molecule has 0 aromatic heterocycles. The highest BCUT2D eigenvalue weighted by Gasteiger charge is 2.30. The molecule has 0 N–H and O–H groups in total. The first kappa shape index (κ1) is 24.2. The number of hydrogen-bond donors (Lipinski definition) is 0. The predicted octanol–water partition coefficient (Wildman–Crippen LogP) is 5.76. The van der Waals surface area contributed by atoms with Gasteiger partial charge in [-0.15, -0.1) is 0 Å². The third-order valence-electron chi connectivity index (χ3n) is 7.03. The average molecular weight is 498 g/mol. The first-order valence-corrected chi connectivity index (χ1v) is 13.1. The van der Waals surface area contributed by atoms with Crippen LogP contribution in [0.25, 0.3) is 6.08 Å². The van der Waals surface area contributed by atoms with E-state index in [-0.39, 0.29) is 17.9 Å². The molecule has 5 nitrogen and oxygen atoms in total. The second-order valence-corrected chi connectivity index (χ2v) is 10.7. The Labute approximate surface area is 217 Å². The lowest BCUT2D eigenvalue weighted by Crippen LogP contribution is -2.53. The van der Waals surface area contributed by atoms with Crippen LogP contribution in [-0.2, 0) is 4.79 Å². The van der Waals surface area contributed by atoms with E-state index >= 15 is 0 Å². The van der Waals surface area contributed by atoms with Crippen LogP contribution >= 0.6 is 11.8 Å². The van der Waals surface area contributed by atoms with Crippen molar-refractivity contribution in [3.63, 3.8) is 0 Å². The van der Waals surface area contributed by atoms with E-state index in [0.717, 1.165) is 28.3 Å². The van der Waals surface area contributed by atoms with Gasteiger partial charge in [0.25, 0.3) is 11.8 Å². The molecule has 3 aromatic rings. The lowest BCUT2D eigenvalue weighted by atomic mass is 10.1. The molecule has 184 valence electrons. The van der Waals surface area contributed by atoms with Crippen LogP contribution in [-0.4, -0.2) is 49.4 Å². The first-order chi connectivity index (χ1) is 17.3. The summed E-state index contributed by atoms with van der Waals surface area (Å²) in [5, 5.41) is 0. The number of nitrogens with zero attached hydrogens (tertiary/aromatic N) is 3. The van der Waals surface area contributed by atoms with Gasteiger partial charge < -0.3 is 14.7 Å². The molecule has 3 aromatic carbocycles. The Bertz CT molecular complexity index is 1370. The molecule has 2 amide bonds. The molecule has 0 radical (unpaired) electrons. The van der Waals surface area contributed by atoms with Crippen molar-refractivity contribution >= 4 is 41.0 Å². The molecule has 36 heavy (non-hydrogen) atoms. The van der Waals surface area contributed by atoms with Crippen LogP contribution in [0.15, 0.2) is 76.5 Å². The maximum atomic E-state index is 13.4. The fraction of sp³-hybridized carbons (Fsp3) is 0.267. The van der Waals surface area contributed by atoms with Crippen molar-refractivity contribution < 1.29 is 9.59 Å². The predicted molar refractivity (Wildman–Crippen MR) is 149 cm³/mol. The van der Waals surface area contributed by atoms with Crippen LogP contribution < -0.4 is 9.80 Å². The third-order valence-corrected chi connectivity index (χ3v) is 8.10. The molecule has 1 unspecified atom stereocenters. The maximum Gasteiger partial charge on any atom is 0.264 e. The summed E-state index contributed by atoms with van der Waals surface area (Å²) in [5.74, 6) is -0.0404. The van der Waals surface area contributed by atoms with Gasteiger partial charge in [-0.1, -0.05) is 48.2 Å². The number of aryl methyl sites for hydroxylation is 2. The van der Waals surface area contributed by atoms with Gasteiger partial charge in [0.15, 0.2) is 0 Å². The summed E-state index contributed by atoms with van der Waals surface area (Å²) >= 11 is 1.47. The van der Waals surface area contributed by atoms with E-state index < -0.39 is 0 Å². The van der Waals surface area contributed by atoms with Crippen molar-refractivity contribution in [1.82, 2.24) is 4.90 Å².